The summed E-state index contributed by atoms with van der Waals surface area (Å²) < 4.78 is 5.13. The number of fused-ring (bicyclic) bond motifs is 1. The monoisotopic (exact) mass is 337 g/mol. The van der Waals surface area contributed by atoms with Crippen molar-refractivity contribution in [3.05, 3.63) is 17.2 Å². The molecular formula is C16H24ClN5O. The number of nitrogens with zero attached hydrogens (tertiary/aromatic N) is 2. The highest BCUT2D eigenvalue weighted by atomic mass is 35.5. The maximum atomic E-state index is 6.48. The number of benzene rings is 1. The zero-order valence-electron chi connectivity index (χ0n) is 13.7. The quantitative estimate of drug-likeness (QED) is 0.783. The number of likely N-dealkylation sites (N-methyl/N-ethyl adjacent to an activating group) is 1. The largest absolute Gasteiger partial charge is 0.385 e. The number of ether oxygens (including phenoxy) is 1. The highest BCUT2D eigenvalue weighted by molar-refractivity contribution is 6.34. The summed E-state index contributed by atoms with van der Waals surface area (Å²) in [5, 5.41) is 7.65. The van der Waals surface area contributed by atoms with Crippen molar-refractivity contribution in [3.8, 4) is 0 Å². The molecule has 2 aliphatic rings. The zero-order valence-corrected chi connectivity index (χ0v) is 14.4. The van der Waals surface area contributed by atoms with E-state index in [9.17, 15) is 0 Å². The van der Waals surface area contributed by atoms with Crippen molar-refractivity contribution in [1.82, 2.24) is 5.32 Å². The van der Waals surface area contributed by atoms with E-state index < -0.39 is 0 Å². The predicted molar refractivity (Wildman–Crippen MR) is 96.3 cm³/mol. The summed E-state index contributed by atoms with van der Waals surface area (Å²) in [6.07, 6.45) is 1.85. The lowest BCUT2D eigenvalue weighted by molar-refractivity contribution is 0.206. The number of aliphatic imine (C=N–C) groups is 1. The molecule has 0 saturated carbocycles. The lowest BCUT2D eigenvalue weighted by atomic mass is 9.85. The third kappa shape index (κ3) is 3.11. The van der Waals surface area contributed by atoms with E-state index in [1.165, 1.54) is 0 Å². The molecule has 6 nitrogen and oxygen atoms in total. The first-order valence-electron chi connectivity index (χ1n) is 7.93. The van der Waals surface area contributed by atoms with E-state index in [4.69, 9.17) is 22.1 Å². The first-order chi connectivity index (χ1) is 11.1. The van der Waals surface area contributed by atoms with E-state index >= 15 is 0 Å². The van der Waals surface area contributed by atoms with Crippen LogP contribution < -0.4 is 21.3 Å². The van der Waals surface area contributed by atoms with Crippen LogP contribution in [0.2, 0.25) is 5.02 Å². The number of anilines is 2. The van der Waals surface area contributed by atoms with Crippen molar-refractivity contribution < 1.29 is 4.74 Å². The molecule has 7 heteroatoms. The number of nitrogens with two attached hydrogens (primary N) is 1. The Kier molecular flexibility index (Phi) is 4.66. The molecule has 1 fully saturated rings. The van der Waals surface area contributed by atoms with Gasteiger partial charge in [0.2, 0.25) is 0 Å². The van der Waals surface area contributed by atoms with Crippen molar-refractivity contribution in [1.29, 1.82) is 0 Å². The van der Waals surface area contributed by atoms with Crippen LogP contribution >= 0.6 is 11.6 Å². The van der Waals surface area contributed by atoms with Gasteiger partial charge in [-0.2, -0.15) is 0 Å². The standard InChI is InChI=1S/C16H24ClN5O/c1-22(7-8-23-2)14-10-12-13(9-11(14)17)21-16(15(18)20-12)3-5-19-6-4-16/h9-10,19,21H,3-8H2,1-2H3,(H2,18,20). The van der Waals surface area contributed by atoms with Crippen molar-refractivity contribution in [2.75, 3.05) is 50.6 Å². The molecule has 0 aromatic heterocycles. The molecule has 1 saturated heterocycles. The fourth-order valence-electron chi connectivity index (χ4n) is 3.18. The molecule has 1 aromatic carbocycles. The Morgan fingerprint density at radius 1 is 1.39 bits per heavy atom. The lowest BCUT2D eigenvalue weighted by Crippen LogP contribution is -2.57. The van der Waals surface area contributed by atoms with E-state index in [-0.39, 0.29) is 5.54 Å². The summed E-state index contributed by atoms with van der Waals surface area (Å²) in [6, 6.07) is 3.94. The van der Waals surface area contributed by atoms with Crippen LogP contribution in [0.3, 0.4) is 0 Å². The van der Waals surface area contributed by atoms with Gasteiger partial charge in [0.25, 0.3) is 0 Å². The van der Waals surface area contributed by atoms with E-state index in [1.54, 1.807) is 7.11 Å². The Morgan fingerprint density at radius 2 is 2.13 bits per heavy atom. The normalized spacial score (nSPS) is 19.0. The number of piperidine rings is 1. The minimum absolute atomic E-state index is 0.245. The Bertz CT molecular complexity index is 613. The Hall–Kier alpha value is -1.50. The Morgan fingerprint density at radius 3 is 2.83 bits per heavy atom. The fourth-order valence-corrected chi connectivity index (χ4v) is 3.49. The summed E-state index contributed by atoms with van der Waals surface area (Å²) in [5.41, 5.74) is 8.78. The highest BCUT2D eigenvalue weighted by Gasteiger charge is 2.39. The summed E-state index contributed by atoms with van der Waals surface area (Å²) in [4.78, 5) is 6.74. The van der Waals surface area contributed by atoms with E-state index in [1.807, 2.05) is 19.2 Å². The van der Waals surface area contributed by atoms with Crippen molar-refractivity contribution in [3.63, 3.8) is 0 Å². The van der Waals surface area contributed by atoms with Gasteiger partial charge >= 0.3 is 0 Å². The van der Waals surface area contributed by atoms with Gasteiger partial charge < -0.3 is 26.0 Å². The van der Waals surface area contributed by atoms with Gasteiger partial charge in [-0.15, -0.1) is 0 Å². The molecule has 2 aliphatic heterocycles. The van der Waals surface area contributed by atoms with Gasteiger partial charge in [-0.1, -0.05) is 11.6 Å². The van der Waals surface area contributed by atoms with Crippen LogP contribution in [0.1, 0.15) is 12.8 Å². The molecule has 0 radical (unpaired) electrons. The van der Waals surface area contributed by atoms with Crippen LogP contribution in [-0.4, -0.2) is 51.8 Å². The SMILES string of the molecule is COCCN(C)c1cc2c(cc1Cl)NC1(CCNCC1)C(N)=N2. The first kappa shape index (κ1) is 16.4. The summed E-state index contributed by atoms with van der Waals surface area (Å²) in [5.74, 6) is 0.666. The summed E-state index contributed by atoms with van der Waals surface area (Å²) >= 11 is 6.48. The summed E-state index contributed by atoms with van der Waals surface area (Å²) in [6.45, 7) is 3.27. The molecule has 23 heavy (non-hydrogen) atoms. The van der Waals surface area contributed by atoms with Crippen LogP contribution in [0.5, 0.6) is 0 Å². The molecular weight excluding hydrogens is 314 g/mol. The van der Waals surface area contributed by atoms with Gasteiger partial charge in [-0.25, -0.2) is 4.99 Å². The summed E-state index contributed by atoms with van der Waals surface area (Å²) in [7, 11) is 3.68. The van der Waals surface area contributed by atoms with Gasteiger partial charge in [-0.3, -0.25) is 0 Å². The molecule has 0 aliphatic carbocycles. The Balaban J connectivity index is 1.91. The maximum Gasteiger partial charge on any atom is 0.126 e. The van der Waals surface area contributed by atoms with E-state index in [0.717, 1.165) is 49.5 Å². The minimum atomic E-state index is -0.245. The maximum absolute atomic E-state index is 6.48. The number of hydrogen-bond donors (Lipinski definition) is 3. The molecule has 0 unspecified atom stereocenters. The minimum Gasteiger partial charge on any atom is -0.385 e. The lowest BCUT2D eigenvalue weighted by Gasteiger charge is -2.41. The predicted octanol–water partition coefficient (Wildman–Crippen LogP) is 1.96. The molecule has 0 atom stereocenters. The first-order valence-corrected chi connectivity index (χ1v) is 8.31. The molecule has 0 amide bonds. The topological polar surface area (TPSA) is 74.9 Å². The average Bonchev–Trinajstić information content (AvgIpc) is 2.54. The average molecular weight is 338 g/mol. The number of methoxy groups -OCH3 is 1. The second kappa shape index (κ2) is 6.55. The van der Waals surface area contributed by atoms with Crippen molar-refractivity contribution >= 4 is 34.5 Å². The number of halogens is 1. The molecule has 4 N–H and O–H groups in total. The molecule has 2 heterocycles. The molecule has 0 bridgehead atoms. The number of rotatable bonds is 4. The van der Waals surface area contributed by atoms with Crippen LogP contribution in [0, 0.1) is 0 Å². The van der Waals surface area contributed by atoms with Crippen LogP contribution in [0.4, 0.5) is 17.1 Å². The van der Waals surface area contributed by atoms with Crippen LogP contribution in [0.25, 0.3) is 0 Å². The van der Waals surface area contributed by atoms with E-state index in [2.05, 4.69) is 20.5 Å². The molecule has 3 rings (SSSR count). The third-order valence-electron chi connectivity index (χ3n) is 4.67. The number of amidine groups is 1. The van der Waals surface area contributed by atoms with Gasteiger partial charge in [0.15, 0.2) is 0 Å². The fraction of sp³-hybridized carbons (Fsp3) is 0.562. The van der Waals surface area contributed by atoms with Crippen molar-refractivity contribution in [2.45, 2.75) is 18.4 Å². The van der Waals surface area contributed by atoms with Gasteiger partial charge in [0.1, 0.15) is 5.84 Å². The van der Waals surface area contributed by atoms with Gasteiger partial charge in [0, 0.05) is 20.7 Å². The molecule has 126 valence electrons. The number of nitrogens with one attached hydrogen (secondary N) is 2. The number of hydrogen-bond acceptors (Lipinski definition) is 6. The van der Waals surface area contributed by atoms with Crippen LogP contribution in [0.15, 0.2) is 17.1 Å². The van der Waals surface area contributed by atoms with Crippen LogP contribution in [-0.2, 0) is 4.74 Å². The second-order valence-corrected chi connectivity index (χ2v) is 6.60. The third-order valence-corrected chi connectivity index (χ3v) is 4.97. The zero-order chi connectivity index (χ0) is 16.4. The molecule has 1 aromatic rings. The van der Waals surface area contributed by atoms with Crippen molar-refractivity contribution in [2.24, 2.45) is 10.7 Å². The molecule has 1 spiro atoms. The van der Waals surface area contributed by atoms with Gasteiger partial charge in [-0.05, 0) is 38.1 Å². The second-order valence-electron chi connectivity index (χ2n) is 6.19. The van der Waals surface area contributed by atoms with E-state index in [0.29, 0.717) is 17.5 Å². The smallest absolute Gasteiger partial charge is 0.126 e. The van der Waals surface area contributed by atoms with Gasteiger partial charge in [0.05, 0.1) is 34.2 Å². The highest BCUT2D eigenvalue weighted by Crippen LogP contribution is 2.42. The Labute approximate surface area is 142 Å².